The Morgan fingerprint density at radius 1 is 1.23 bits per heavy atom. The van der Waals surface area contributed by atoms with Gasteiger partial charge in [0.1, 0.15) is 11.6 Å². The van der Waals surface area contributed by atoms with E-state index >= 15 is 0 Å². The van der Waals surface area contributed by atoms with Gasteiger partial charge < -0.3 is 15.0 Å². The minimum absolute atomic E-state index is 0.175. The summed E-state index contributed by atoms with van der Waals surface area (Å²) >= 11 is 0. The third-order valence-electron chi connectivity index (χ3n) is 4.75. The van der Waals surface area contributed by atoms with Gasteiger partial charge >= 0.3 is 0 Å². The average molecular weight is 305 g/mol. The minimum Gasteiger partial charge on any atom is -0.378 e. The summed E-state index contributed by atoms with van der Waals surface area (Å²) in [6.07, 6.45) is 2.44. The molecule has 1 N–H and O–H groups in total. The number of rotatable bonds is 3. The highest BCUT2D eigenvalue weighted by molar-refractivity contribution is 5.35. The van der Waals surface area contributed by atoms with E-state index in [1.54, 1.807) is 0 Å². The van der Waals surface area contributed by atoms with Gasteiger partial charge in [-0.05, 0) is 39.9 Å². The molecule has 122 valence electrons. The molecule has 0 aromatic carbocycles. The molecule has 6 nitrogen and oxygen atoms in total. The summed E-state index contributed by atoms with van der Waals surface area (Å²) in [4.78, 5) is 14.3. The van der Waals surface area contributed by atoms with E-state index in [4.69, 9.17) is 4.74 Å². The number of likely N-dealkylation sites (tertiary alicyclic amines) is 1. The van der Waals surface area contributed by atoms with Crippen molar-refractivity contribution < 1.29 is 4.74 Å². The lowest BCUT2D eigenvalue weighted by Crippen LogP contribution is -2.50. The Morgan fingerprint density at radius 2 is 2.00 bits per heavy atom. The normalized spacial score (nSPS) is 25.3. The molecule has 6 heteroatoms. The van der Waals surface area contributed by atoms with E-state index in [-0.39, 0.29) is 6.04 Å². The number of ether oxygens (including phenoxy) is 1. The molecular formula is C16H27N5O. The largest absolute Gasteiger partial charge is 0.378 e. The maximum Gasteiger partial charge on any atom is 0.150 e. The van der Waals surface area contributed by atoms with Crippen LogP contribution in [0.2, 0.25) is 0 Å². The lowest BCUT2D eigenvalue weighted by atomic mass is 10.0. The van der Waals surface area contributed by atoms with E-state index in [2.05, 4.69) is 32.1 Å². The second-order valence-electron chi connectivity index (χ2n) is 6.37. The number of hydrogen-bond donors (Lipinski definition) is 1. The van der Waals surface area contributed by atoms with Gasteiger partial charge in [0.15, 0.2) is 0 Å². The highest BCUT2D eigenvalue weighted by Crippen LogP contribution is 2.28. The zero-order valence-electron chi connectivity index (χ0n) is 13.9. The molecule has 0 bridgehead atoms. The molecule has 2 fully saturated rings. The van der Waals surface area contributed by atoms with Crippen LogP contribution in [0, 0.1) is 6.92 Å². The van der Waals surface area contributed by atoms with E-state index in [0.717, 1.165) is 30.5 Å². The quantitative estimate of drug-likeness (QED) is 0.908. The van der Waals surface area contributed by atoms with Crippen molar-refractivity contribution in [1.29, 1.82) is 0 Å². The molecule has 0 spiro atoms. The molecule has 0 amide bonds. The second-order valence-corrected chi connectivity index (χ2v) is 6.37. The lowest BCUT2D eigenvalue weighted by Gasteiger charge is -2.43. The molecule has 2 aliphatic heterocycles. The van der Waals surface area contributed by atoms with Crippen molar-refractivity contribution in [3.8, 4) is 0 Å². The van der Waals surface area contributed by atoms with Crippen molar-refractivity contribution >= 4 is 5.82 Å². The topological polar surface area (TPSA) is 53.5 Å². The number of nitrogens with zero attached hydrogens (tertiary/aromatic N) is 4. The molecule has 22 heavy (non-hydrogen) atoms. The van der Waals surface area contributed by atoms with Crippen molar-refractivity contribution in [3.05, 3.63) is 17.6 Å². The van der Waals surface area contributed by atoms with E-state index in [9.17, 15) is 0 Å². The van der Waals surface area contributed by atoms with Crippen LogP contribution in [-0.4, -0.2) is 72.8 Å². The summed E-state index contributed by atoms with van der Waals surface area (Å²) in [6.45, 7) is 6.85. The zero-order chi connectivity index (χ0) is 15.5. The van der Waals surface area contributed by atoms with E-state index < -0.39 is 0 Å². The number of nitrogens with one attached hydrogen (secondary N) is 1. The highest BCUT2D eigenvalue weighted by atomic mass is 16.5. The number of aryl methyl sites for hydroxylation is 1. The average Bonchev–Trinajstić information content (AvgIpc) is 2.55. The molecular weight excluding hydrogens is 278 g/mol. The molecule has 0 radical (unpaired) electrons. The van der Waals surface area contributed by atoms with Crippen LogP contribution in [-0.2, 0) is 4.74 Å². The van der Waals surface area contributed by atoms with E-state index in [1.165, 1.54) is 25.9 Å². The summed E-state index contributed by atoms with van der Waals surface area (Å²) in [5.74, 6) is 1.78. The fourth-order valence-electron chi connectivity index (χ4n) is 3.47. The molecule has 2 saturated heterocycles. The van der Waals surface area contributed by atoms with E-state index in [1.807, 2.05) is 20.0 Å². The fourth-order valence-corrected chi connectivity index (χ4v) is 3.47. The first-order valence-corrected chi connectivity index (χ1v) is 8.22. The lowest BCUT2D eigenvalue weighted by molar-refractivity contribution is -0.0444. The van der Waals surface area contributed by atoms with Crippen molar-refractivity contribution in [2.75, 3.05) is 52.3 Å². The summed E-state index contributed by atoms with van der Waals surface area (Å²) in [6, 6.07) is 2.77. The summed E-state index contributed by atoms with van der Waals surface area (Å²) in [5.41, 5.74) is 1.00. The molecule has 0 aliphatic carbocycles. The first kappa shape index (κ1) is 15.6. The van der Waals surface area contributed by atoms with Gasteiger partial charge in [-0.15, -0.1) is 0 Å². The molecule has 1 atom stereocenters. The Labute approximate surface area is 132 Å². The van der Waals surface area contributed by atoms with Crippen molar-refractivity contribution in [2.45, 2.75) is 31.8 Å². The first-order chi connectivity index (χ1) is 10.7. The number of piperidine rings is 1. The first-order valence-electron chi connectivity index (χ1n) is 8.22. The van der Waals surface area contributed by atoms with E-state index in [0.29, 0.717) is 12.6 Å². The Morgan fingerprint density at radius 3 is 2.73 bits per heavy atom. The van der Waals surface area contributed by atoms with Gasteiger partial charge in [0, 0.05) is 31.4 Å². The van der Waals surface area contributed by atoms with Crippen molar-refractivity contribution in [2.24, 2.45) is 0 Å². The maximum absolute atomic E-state index is 5.74. The molecule has 2 aliphatic rings. The molecule has 0 saturated carbocycles. The van der Waals surface area contributed by atoms with Gasteiger partial charge in [0.25, 0.3) is 0 Å². The number of hydrogen-bond acceptors (Lipinski definition) is 6. The Balaban J connectivity index is 1.81. The van der Waals surface area contributed by atoms with Crippen LogP contribution in [0.1, 0.15) is 30.4 Å². The van der Waals surface area contributed by atoms with Crippen LogP contribution < -0.4 is 5.32 Å². The Bertz CT molecular complexity index is 501. The highest BCUT2D eigenvalue weighted by Gasteiger charge is 2.33. The number of anilines is 1. The standard InChI is InChI=1S/C16H27N5O/c1-12-10-15(17-2)19-16(18-12)14-11-22-9-8-21(14)13-4-6-20(3)7-5-13/h10,13-14H,4-9,11H2,1-3H3,(H,17,18,19)/t14-/m0/s1. The maximum atomic E-state index is 5.74. The molecule has 0 unspecified atom stereocenters. The number of aromatic nitrogens is 2. The minimum atomic E-state index is 0.175. The Hall–Kier alpha value is -1.24. The third-order valence-corrected chi connectivity index (χ3v) is 4.75. The van der Waals surface area contributed by atoms with Crippen molar-refractivity contribution in [1.82, 2.24) is 19.8 Å². The molecule has 3 rings (SSSR count). The van der Waals surface area contributed by atoms with Crippen LogP contribution in [0.15, 0.2) is 6.07 Å². The van der Waals surface area contributed by atoms with Gasteiger partial charge in [0.2, 0.25) is 0 Å². The molecule has 1 aromatic rings. The van der Waals surface area contributed by atoms with Crippen LogP contribution in [0.4, 0.5) is 5.82 Å². The van der Waals surface area contributed by atoms with Gasteiger partial charge in [-0.3, -0.25) is 4.90 Å². The van der Waals surface area contributed by atoms with Crippen molar-refractivity contribution in [3.63, 3.8) is 0 Å². The van der Waals surface area contributed by atoms with Gasteiger partial charge in [-0.2, -0.15) is 0 Å². The Kier molecular flexibility index (Phi) is 4.90. The van der Waals surface area contributed by atoms with Crippen LogP contribution in [0.5, 0.6) is 0 Å². The van der Waals surface area contributed by atoms with Crippen LogP contribution in [0.25, 0.3) is 0 Å². The monoisotopic (exact) mass is 305 g/mol. The van der Waals surface area contributed by atoms with Crippen LogP contribution >= 0.6 is 0 Å². The SMILES string of the molecule is CNc1cc(C)nc([C@@H]2COCCN2C2CCN(C)CC2)n1. The number of morpholine rings is 1. The smallest absolute Gasteiger partial charge is 0.150 e. The third kappa shape index (κ3) is 3.39. The van der Waals surface area contributed by atoms with Gasteiger partial charge in [-0.25, -0.2) is 9.97 Å². The predicted octanol–water partition coefficient (Wildman–Crippen LogP) is 1.29. The molecule has 1 aromatic heterocycles. The van der Waals surface area contributed by atoms with Gasteiger partial charge in [0.05, 0.1) is 19.3 Å². The molecule has 3 heterocycles. The zero-order valence-corrected chi connectivity index (χ0v) is 13.9. The summed E-state index contributed by atoms with van der Waals surface area (Å²) in [5, 5.41) is 3.13. The summed E-state index contributed by atoms with van der Waals surface area (Å²) in [7, 11) is 4.10. The summed E-state index contributed by atoms with van der Waals surface area (Å²) < 4.78 is 5.74. The van der Waals surface area contributed by atoms with Gasteiger partial charge in [-0.1, -0.05) is 0 Å². The fraction of sp³-hybridized carbons (Fsp3) is 0.750. The predicted molar refractivity (Wildman–Crippen MR) is 87.1 cm³/mol. The van der Waals surface area contributed by atoms with Crippen LogP contribution in [0.3, 0.4) is 0 Å². The second kappa shape index (κ2) is 6.89.